The summed E-state index contributed by atoms with van der Waals surface area (Å²) in [6.07, 6.45) is 1.65. The Balaban J connectivity index is 1.79. The van der Waals surface area contributed by atoms with Crippen molar-refractivity contribution < 1.29 is 14.2 Å². The second-order valence-electron chi connectivity index (χ2n) is 5.62. The van der Waals surface area contributed by atoms with E-state index in [0.29, 0.717) is 28.7 Å². The van der Waals surface area contributed by atoms with Gasteiger partial charge < -0.3 is 14.2 Å². The molecule has 8 nitrogen and oxygen atoms in total. The van der Waals surface area contributed by atoms with E-state index in [9.17, 15) is 0 Å². The quantitative estimate of drug-likeness (QED) is 0.342. The number of aromatic amines is 1. The van der Waals surface area contributed by atoms with Crippen LogP contribution in [0.1, 0.15) is 12.5 Å². The monoisotopic (exact) mass is 399 g/mol. The van der Waals surface area contributed by atoms with Crippen molar-refractivity contribution in [2.24, 2.45) is 5.10 Å². The molecule has 9 heteroatoms. The number of methoxy groups -OCH3 is 2. The van der Waals surface area contributed by atoms with Crippen LogP contribution in [0.5, 0.6) is 17.2 Å². The van der Waals surface area contributed by atoms with Gasteiger partial charge in [0.15, 0.2) is 17.3 Å². The molecule has 0 aliphatic rings. The number of hydrazone groups is 1. The van der Waals surface area contributed by atoms with E-state index < -0.39 is 0 Å². The fourth-order valence-corrected chi connectivity index (χ4v) is 2.72. The lowest BCUT2D eigenvalue weighted by Gasteiger charge is -2.08. The Kier molecular flexibility index (Phi) is 6.28. The fraction of sp³-hybridized carbons (Fsp3) is 0.211. The van der Waals surface area contributed by atoms with E-state index in [1.165, 1.54) is 0 Å². The first-order chi connectivity index (χ1) is 13.7. The van der Waals surface area contributed by atoms with E-state index in [-0.39, 0.29) is 0 Å². The van der Waals surface area contributed by atoms with Gasteiger partial charge in [0, 0.05) is 5.56 Å². The van der Waals surface area contributed by atoms with Crippen molar-refractivity contribution in [3.8, 4) is 28.6 Å². The predicted octanol–water partition coefficient (Wildman–Crippen LogP) is 3.60. The Morgan fingerprint density at radius 1 is 1.14 bits per heavy atom. The van der Waals surface area contributed by atoms with Gasteiger partial charge in [-0.05, 0) is 67.2 Å². The number of H-pyrrole nitrogens is 1. The highest BCUT2D eigenvalue weighted by Gasteiger charge is 2.09. The van der Waals surface area contributed by atoms with Crippen LogP contribution < -0.4 is 19.7 Å². The second kappa shape index (κ2) is 9.05. The standard InChI is InChI=1S/C19H21N5O3S/c1-4-27-15-8-6-14(7-9-15)18-21-22-19(28)24(18)23-20-12-13-5-10-16(25-2)17(11-13)26-3/h5-12,23H,4H2,1-3H3,(H,22,28)/b20-12+. The summed E-state index contributed by atoms with van der Waals surface area (Å²) in [7, 11) is 3.18. The molecule has 3 aromatic rings. The molecule has 2 aromatic carbocycles. The molecular weight excluding hydrogens is 378 g/mol. The molecule has 0 radical (unpaired) electrons. The third kappa shape index (κ3) is 4.32. The average molecular weight is 399 g/mol. The van der Waals surface area contributed by atoms with Crippen LogP contribution in [0.3, 0.4) is 0 Å². The molecule has 0 saturated heterocycles. The third-order valence-corrected chi connectivity index (χ3v) is 4.15. The number of nitrogens with zero attached hydrogens (tertiary/aromatic N) is 3. The minimum absolute atomic E-state index is 0.397. The average Bonchev–Trinajstić information content (AvgIpc) is 3.09. The van der Waals surface area contributed by atoms with Gasteiger partial charge in [-0.3, -0.25) is 0 Å². The number of aromatic nitrogens is 3. The van der Waals surface area contributed by atoms with Crippen LogP contribution in [0, 0.1) is 4.77 Å². The highest BCUT2D eigenvalue weighted by atomic mass is 32.1. The molecule has 0 saturated carbocycles. The van der Waals surface area contributed by atoms with Gasteiger partial charge in [-0.2, -0.15) is 14.9 Å². The number of benzene rings is 2. The zero-order valence-corrected chi connectivity index (χ0v) is 16.6. The van der Waals surface area contributed by atoms with Gasteiger partial charge in [-0.1, -0.05) is 0 Å². The molecule has 0 unspecified atom stereocenters. The van der Waals surface area contributed by atoms with Crippen LogP contribution in [-0.4, -0.2) is 41.9 Å². The Morgan fingerprint density at radius 2 is 1.89 bits per heavy atom. The Bertz CT molecular complexity index is 1010. The van der Waals surface area contributed by atoms with E-state index in [1.54, 1.807) is 25.1 Å². The summed E-state index contributed by atoms with van der Waals surface area (Å²) in [6.45, 7) is 2.56. The highest BCUT2D eigenvalue weighted by Crippen LogP contribution is 2.27. The molecule has 0 atom stereocenters. The van der Waals surface area contributed by atoms with Crippen molar-refractivity contribution in [2.75, 3.05) is 26.4 Å². The molecule has 0 aliphatic carbocycles. The van der Waals surface area contributed by atoms with E-state index in [4.69, 9.17) is 26.4 Å². The lowest BCUT2D eigenvalue weighted by atomic mass is 10.2. The van der Waals surface area contributed by atoms with Crippen LogP contribution >= 0.6 is 12.2 Å². The van der Waals surface area contributed by atoms with Crippen molar-refractivity contribution >= 4 is 18.4 Å². The van der Waals surface area contributed by atoms with Gasteiger partial charge in [0.2, 0.25) is 4.77 Å². The maximum Gasteiger partial charge on any atom is 0.216 e. The first-order valence-electron chi connectivity index (χ1n) is 8.58. The van der Waals surface area contributed by atoms with Crippen molar-refractivity contribution in [2.45, 2.75) is 6.92 Å². The smallest absolute Gasteiger partial charge is 0.216 e. The van der Waals surface area contributed by atoms with Crippen LogP contribution in [0.2, 0.25) is 0 Å². The molecule has 0 aliphatic heterocycles. The highest BCUT2D eigenvalue weighted by molar-refractivity contribution is 7.71. The van der Waals surface area contributed by atoms with Crippen LogP contribution in [-0.2, 0) is 0 Å². The molecule has 0 bridgehead atoms. The van der Waals surface area contributed by atoms with E-state index in [2.05, 4.69) is 20.8 Å². The van der Waals surface area contributed by atoms with Gasteiger partial charge in [0.25, 0.3) is 0 Å². The van der Waals surface area contributed by atoms with Crippen molar-refractivity contribution in [1.82, 2.24) is 14.9 Å². The SMILES string of the molecule is CCOc1ccc(-c2n[nH]c(=S)n2N/N=C/c2ccc(OC)c(OC)c2)cc1. The third-order valence-electron chi connectivity index (χ3n) is 3.87. The molecule has 0 amide bonds. The van der Waals surface area contributed by atoms with Crippen LogP contribution in [0.25, 0.3) is 11.4 Å². The number of ether oxygens (including phenoxy) is 3. The number of hydrogen-bond acceptors (Lipinski definition) is 7. The maximum absolute atomic E-state index is 5.47. The van der Waals surface area contributed by atoms with Gasteiger partial charge in [0.05, 0.1) is 27.0 Å². The first-order valence-corrected chi connectivity index (χ1v) is 8.98. The topological polar surface area (TPSA) is 85.7 Å². The molecule has 1 heterocycles. The summed E-state index contributed by atoms with van der Waals surface area (Å²) < 4.78 is 18.0. The van der Waals surface area contributed by atoms with E-state index in [1.807, 2.05) is 49.4 Å². The van der Waals surface area contributed by atoms with Crippen molar-refractivity contribution in [3.63, 3.8) is 0 Å². The van der Waals surface area contributed by atoms with Gasteiger partial charge >= 0.3 is 0 Å². The van der Waals surface area contributed by atoms with E-state index in [0.717, 1.165) is 16.9 Å². The normalized spacial score (nSPS) is 10.8. The molecule has 146 valence electrons. The molecular formula is C19H21N5O3S. The molecule has 0 spiro atoms. The first kappa shape index (κ1) is 19.4. The van der Waals surface area contributed by atoms with E-state index >= 15 is 0 Å². The number of nitrogens with one attached hydrogen (secondary N) is 2. The Hall–Kier alpha value is -3.33. The summed E-state index contributed by atoms with van der Waals surface area (Å²) in [5.41, 5.74) is 4.60. The molecule has 1 aromatic heterocycles. The largest absolute Gasteiger partial charge is 0.494 e. The lowest BCUT2D eigenvalue weighted by molar-refractivity contribution is 0.340. The summed E-state index contributed by atoms with van der Waals surface area (Å²) in [5, 5.41) is 11.3. The fourth-order valence-electron chi connectivity index (χ4n) is 2.54. The summed E-state index contributed by atoms with van der Waals surface area (Å²) in [6, 6.07) is 13.1. The summed E-state index contributed by atoms with van der Waals surface area (Å²) in [5.74, 6) is 2.69. The van der Waals surface area contributed by atoms with Gasteiger partial charge in [0.1, 0.15) is 5.75 Å². The molecule has 28 heavy (non-hydrogen) atoms. The van der Waals surface area contributed by atoms with Crippen LogP contribution in [0.15, 0.2) is 47.6 Å². The number of hydrogen-bond donors (Lipinski definition) is 2. The zero-order chi connectivity index (χ0) is 19.9. The molecule has 0 fully saturated rings. The van der Waals surface area contributed by atoms with Gasteiger partial charge in [-0.25, -0.2) is 10.6 Å². The second-order valence-corrected chi connectivity index (χ2v) is 6.00. The predicted molar refractivity (Wildman–Crippen MR) is 111 cm³/mol. The van der Waals surface area contributed by atoms with Crippen LogP contribution in [0.4, 0.5) is 0 Å². The minimum Gasteiger partial charge on any atom is -0.494 e. The van der Waals surface area contributed by atoms with Crippen molar-refractivity contribution in [1.29, 1.82) is 0 Å². The van der Waals surface area contributed by atoms with Crippen molar-refractivity contribution in [3.05, 3.63) is 52.8 Å². The zero-order valence-electron chi connectivity index (χ0n) is 15.8. The number of rotatable bonds is 8. The lowest BCUT2D eigenvalue weighted by Crippen LogP contribution is -2.10. The molecule has 3 rings (SSSR count). The summed E-state index contributed by atoms with van der Waals surface area (Å²) >= 11 is 5.29. The van der Waals surface area contributed by atoms with Gasteiger partial charge in [-0.15, -0.1) is 0 Å². The minimum atomic E-state index is 0.397. The molecule has 2 N–H and O–H groups in total. The Labute approximate surface area is 167 Å². The summed E-state index contributed by atoms with van der Waals surface area (Å²) in [4.78, 5) is 0. The maximum atomic E-state index is 5.47. The Morgan fingerprint density at radius 3 is 2.57 bits per heavy atom.